The Bertz CT molecular complexity index is 402. The lowest BCUT2D eigenvalue weighted by Crippen LogP contribution is -2.15. The van der Waals surface area contributed by atoms with Crippen LogP contribution in [0.4, 0.5) is 0 Å². The first-order valence-corrected chi connectivity index (χ1v) is 5.62. The van der Waals surface area contributed by atoms with Crippen molar-refractivity contribution in [3.05, 3.63) is 42.7 Å². The average molecular weight is 218 g/mol. The van der Waals surface area contributed by atoms with Crippen LogP contribution in [0, 0.1) is 0 Å². The standard InChI is InChI=1S/C12H18N4/c1-15-7-3-12(10-15)9-13-4-2-6-16-8-5-14-11-16/h3,5,7-8,10-11,13H,2,4,6,9H2,1H3. The van der Waals surface area contributed by atoms with Gasteiger partial charge in [0, 0.05) is 44.9 Å². The maximum Gasteiger partial charge on any atom is 0.0945 e. The van der Waals surface area contributed by atoms with Crippen LogP contribution >= 0.6 is 0 Å². The summed E-state index contributed by atoms with van der Waals surface area (Å²) in [4.78, 5) is 4.01. The van der Waals surface area contributed by atoms with Crippen LogP contribution in [-0.4, -0.2) is 20.7 Å². The first-order valence-electron chi connectivity index (χ1n) is 5.62. The van der Waals surface area contributed by atoms with Crippen molar-refractivity contribution >= 4 is 0 Å². The lowest BCUT2D eigenvalue weighted by Gasteiger charge is -2.04. The number of hydrogen-bond donors (Lipinski definition) is 1. The summed E-state index contributed by atoms with van der Waals surface area (Å²) >= 11 is 0. The van der Waals surface area contributed by atoms with Gasteiger partial charge in [0.1, 0.15) is 0 Å². The van der Waals surface area contributed by atoms with Gasteiger partial charge in [-0.2, -0.15) is 0 Å². The minimum Gasteiger partial charge on any atom is -0.357 e. The molecule has 0 radical (unpaired) electrons. The van der Waals surface area contributed by atoms with E-state index in [-0.39, 0.29) is 0 Å². The fourth-order valence-corrected chi connectivity index (χ4v) is 1.70. The number of aromatic nitrogens is 3. The minimum atomic E-state index is 0.949. The zero-order valence-corrected chi connectivity index (χ0v) is 9.63. The average Bonchev–Trinajstić information content (AvgIpc) is 2.89. The van der Waals surface area contributed by atoms with Crippen LogP contribution < -0.4 is 5.32 Å². The molecule has 86 valence electrons. The molecule has 0 amide bonds. The summed E-state index contributed by atoms with van der Waals surface area (Å²) in [6.07, 6.45) is 11.0. The van der Waals surface area contributed by atoms with E-state index in [1.54, 1.807) is 0 Å². The summed E-state index contributed by atoms with van der Waals surface area (Å²) < 4.78 is 4.17. The van der Waals surface area contributed by atoms with Gasteiger partial charge in [-0.05, 0) is 24.6 Å². The van der Waals surface area contributed by atoms with Gasteiger partial charge in [-0.3, -0.25) is 0 Å². The van der Waals surface area contributed by atoms with E-state index in [4.69, 9.17) is 0 Å². The van der Waals surface area contributed by atoms with E-state index in [1.165, 1.54) is 5.56 Å². The summed E-state index contributed by atoms with van der Waals surface area (Å²) in [5.74, 6) is 0. The molecule has 2 rings (SSSR count). The molecule has 0 saturated heterocycles. The molecule has 2 aromatic heterocycles. The van der Waals surface area contributed by atoms with Gasteiger partial charge >= 0.3 is 0 Å². The van der Waals surface area contributed by atoms with Crippen LogP contribution in [0.15, 0.2) is 37.2 Å². The number of nitrogens with one attached hydrogen (secondary N) is 1. The number of nitrogens with zero attached hydrogens (tertiary/aromatic N) is 3. The number of hydrogen-bond acceptors (Lipinski definition) is 2. The Hall–Kier alpha value is -1.55. The lowest BCUT2D eigenvalue weighted by molar-refractivity contribution is 0.580. The molecular formula is C12H18N4. The van der Waals surface area contributed by atoms with Crippen molar-refractivity contribution in [3.8, 4) is 0 Å². The largest absolute Gasteiger partial charge is 0.357 e. The molecule has 0 saturated carbocycles. The minimum absolute atomic E-state index is 0.949. The van der Waals surface area contributed by atoms with E-state index >= 15 is 0 Å². The molecule has 1 N–H and O–H groups in total. The smallest absolute Gasteiger partial charge is 0.0945 e. The Labute approximate surface area is 95.9 Å². The highest BCUT2D eigenvalue weighted by Gasteiger charge is 1.94. The SMILES string of the molecule is Cn1ccc(CNCCCn2ccnc2)c1. The van der Waals surface area contributed by atoms with Crippen LogP contribution in [0.2, 0.25) is 0 Å². The van der Waals surface area contributed by atoms with Crippen LogP contribution in [0.5, 0.6) is 0 Å². The third kappa shape index (κ3) is 3.24. The third-order valence-electron chi connectivity index (χ3n) is 2.55. The van der Waals surface area contributed by atoms with Crippen LogP contribution in [0.25, 0.3) is 0 Å². The molecule has 4 heteroatoms. The number of aryl methyl sites for hydroxylation is 2. The van der Waals surface area contributed by atoms with Gasteiger partial charge in [0.25, 0.3) is 0 Å². The van der Waals surface area contributed by atoms with Crippen molar-refractivity contribution < 1.29 is 0 Å². The molecule has 16 heavy (non-hydrogen) atoms. The number of rotatable bonds is 6. The van der Waals surface area contributed by atoms with Crippen molar-refractivity contribution in [1.29, 1.82) is 0 Å². The Kier molecular flexibility index (Phi) is 3.77. The van der Waals surface area contributed by atoms with Crippen molar-refractivity contribution in [2.24, 2.45) is 7.05 Å². The van der Waals surface area contributed by atoms with Crippen molar-refractivity contribution in [2.75, 3.05) is 6.54 Å². The van der Waals surface area contributed by atoms with Gasteiger partial charge < -0.3 is 14.5 Å². The van der Waals surface area contributed by atoms with Gasteiger partial charge in [0.05, 0.1) is 6.33 Å². The monoisotopic (exact) mass is 218 g/mol. The van der Waals surface area contributed by atoms with Gasteiger partial charge in [0.15, 0.2) is 0 Å². The maximum absolute atomic E-state index is 4.01. The van der Waals surface area contributed by atoms with Gasteiger partial charge in [-0.25, -0.2) is 4.98 Å². The van der Waals surface area contributed by atoms with E-state index in [1.807, 2.05) is 25.8 Å². The lowest BCUT2D eigenvalue weighted by atomic mass is 10.3. The summed E-state index contributed by atoms with van der Waals surface area (Å²) in [5, 5.41) is 3.43. The van der Waals surface area contributed by atoms with E-state index < -0.39 is 0 Å². The van der Waals surface area contributed by atoms with Crippen molar-refractivity contribution in [2.45, 2.75) is 19.5 Å². The molecule has 0 atom stereocenters. The van der Waals surface area contributed by atoms with Crippen molar-refractivity contribution in [3.63, 3.8) is 0 Å². The zero-order chi connectivity index (χ0) is 11.2. The van der Waals surface area contributed by atoms with Crippen LogP contribution in [0.3, 0.4) is 0 Å². The van der Waals surface area contributed by atoms with Gasteiger partial charge in [-0.1, -0.05) is 0 Å². The first-order chi connectivity index (χ1) is 7.84. The first kappa shape index (κ1) is 11.0. The molecule has 4 nitrogen and oxygen atoms in total. The summed E-state index contributed by atoms with van der Waals surface area (Å²) in [6.45, 7) is 3.01. The Balaban J connectivity index is 1.59. The Morgan fingerprint density at radius 2 is 2.31 bits per heavy atom. The predicted molar refractivity (Wildman–Crippen MR) is 64.0 cm³/mol. The second kappa shape index (κ2) is 5.51. The molecule has 0 fully saturated rings. The molecule has 0 aromatic carbocycles. The molecule has 2 aromatic rings. The second-order valence-electron chi connectivity index (χ2n) is 4.02. The number of imidazole rings is 1. The second-order valence-corrected chi connectivity index (χ2v) is 4.02. The molecule has 0 aliphatic heterocycles. The summed E-state index contributed by atoms with van der Waals surface area (Å²) in [5.41, 5.74) is 1.34. The van der Waals surface area contributed by atoms with E-state index in [0.29, 0.717) is 0 Å². The quantitative estimate of drug-likeness (QED) is 0.744. The molecule has 0 aliphatic rings. The topological polar surface area (TPSA) is 34.8 Å². The zero-order valence-electron chi connectivity index (χ0n) is 9.63. The van der Waals surface area contributed by atoms with E-state index in [0.717, 1.165) is 26.1 Å². The highest BCUT2D eigenvalue weighted by atomic mass is 15.0. The normalized spacial score (nSPS) is 10.8. The van der Waals surface area contributed by atoms with E-state index in [9.17, 15) is 0 Å². The Morgan fingerprint density at radius 1 is 1.38 bits per heavy atom. The highest BCUT2D eigenvalue weighted by molar-refractivity contribution is 5.09. The molecule has 2 heterocycles. The summed E-state index contributed by atoms with van der Waals surface area (Å²) in [7, 11) is 2.04. The Morgan fingerprint density at radius 3 is 3.00 bits per heavy atom. The van der Waals surface area contributed by atoms with Crippen LogP contribution in [0.1, 0.15) is 12.0 Å². The fraction of sp³-hybridized carbons (Fsp3) is 0.417. The van der Waals surface area contributed by atoms with Gasteiger partial charge in [-0.15, -0.1) is 0 Å². The van der Waals surface area contributed by atoms with Crippen LogP contribution in [-0.2, 0) is 20.1 Å². The summed E-state index contributed by atoms with van der Waals surface area (Å²) in [6, 6.07) is 2.14. The molecule has 0 aliphatic carbocycles. The fourth-order valence-electron chi connectivity index (χ4n) is 1.70. The van der Waals surface area contributed by atoms with Gasteiger partial charge in [0.2, 0.25) is 0 Å². The van der Waals surface area contributed by atoms with E-state index in [2.05, 4.69) is 37.9 Å². The molecular weight excluding hydrogens is 200 g/mol. The highest BCUT2D eigenvalue weighted by Crippen LogP contribution is 1.98. The maximum atomic E-state index is 4.01. The molecule has 0 bridgehead atoms. The molecule has 0 spiro atoms. The molecule has 0 unspecified atom stereocenters. The third-order valence-corrected chi connectivity index (χ3v) is 2.55. The van der Waals surface area contributed by atoms with Crippen molar-refractivity contribution in [1.82, 2.24) is 19.4 Å². The predicted octanol–water partition coefficient (Wildman–Crippen LogP) is 1.40.